The Labute approximate surface area is 210 Å². The lowest BCUT2D eigenvalue weighted by Crippen LogP contribution is -2.67. The van der Waals surface area contributed by atoms with Gasteiger partial charge in [0.15, 0.2) is 0 Å². The number of fused-ring (bicyclic) bond motifs is 3. The van der Waals surface area contributed by atoms with Crippen LogP contribution < -0.4 is 16.0 Å². The number of piperazine rings is 1. The summed E-state index contributed by atoms with van der Waals surface area (Å²) < 4.78 is 5.61. The van der Waals surface area contributed by atoms with Crippen molar-refractivity contribution in [1.29, 1.82) is 0 Å². The summed E-state index contributed by atoms with van der Waals surface area (Å²) >= 11 is 0. The molecule has 184 valence electrons. The summed E-state index contributed by atoms with van der Waals surface area (Å²) in [5.74, 6) is -0.407. The minimum Gasteiger partial charge on any atom is -0.449 e. The highest BCUT2D eigenvalue weighted by Gasteiger charge is 2.39. The van der Waals surface area contributed by atoms with Crippen LogP contribution in [0.15, 0.2) is 72.8 Å². The molecule has 3 aromatic carbocycles. The van der Waals surface area contributed by atoms with E-state index in [1.807, 2.05) is 48.5 Å². The molecule has 1 aliphatic carbocycles. The molecule has 3 N–H and O–H groups in total. The topological polar surface area (TPSA) is 96.5 Å². The third-order valence-electron chi connectivity index (χ3n) is 6.84. The van der Waals surface area contributed by atoms with Gasteiger partial charge in [-0.25, -0.2) is 4.79 Å². The van der Waals surface area contributed by atoms with E-state index in [-0.39, 0.29) is 24.3 Å². The molecule has 7 heteroatoms. The van der Waals surface area contributed by atoms with Crippen LogP contribution in [0.3, 0.4) is 0 Å². The number of hydrogen-bond donors (Lipinski definition) is 3. The molecular formula is C29H29N3O4. The first-order valence-electron chi connectivity index (χ1n) is 12.1. The van der Waals surface area contributed by atoms with Gasteiger partial charge in [0.25, 0.3) is 0 Å². The van der Waals surface area contributed by atoms with Crippen molar-refractivity contribution in [1.82, 2.24) is 16.0 Å². The molecule has 0 aromatic heterocycles. The number of nitrogens with one attached hydrogen (secondary N) is 3. The Kier molecular flexibility index (Phi) is 6.22. The van der Waals surface area contributed by atoms with Crippen molar-refractivity contribution in [3.8, 4) is 11.1 Å². The van der Waals surface area contributed by atoms with Crippen LogP contribution in [0.25, 0.3) is 11.1 Å². The second-order valence-electron chi connectivity index (χ2n) is 9.84. The Morgan fingerprint density at radius 3 is 2.25 bits per heavy atom. The lowest BCUT2D eigenvalue weighted by molar-refractivity contribution is -0.140. The second kappa shape index (κ2) is 9.49. The molecule has 2 aliphatic rings. The van der Waals surface area contributed by atoms with Crippen LogP contribution in [0, 0.1) is 0 Å². The Balaban J connectivity index is 1.17. The summed E-state index contributed by atoms with van der Waals surface area (Å²) in [5, 5.41) is 8.37. The van der Waals surface area contributed by atoms with Crippen LogP contribution in [0.1, 0.15) is 42.0 Å². The molecule has 1 atom stereocenters. The van der Waals surface area contributed by atoms with Gasteiger partial charge in [-0.05, 0) is 47.2 Å². The van der Waals surface area contributed by atoms with Gasteiger partial charge in [0.1, 0.15) is 18.2 Å². The first kappa shape index (κ1) is 23.6. The number of rotatable bonds is 6. The molecule has 3 aromatic rings. The van der Waals surface area contributed by atoms with Crippen LogP contribution in [0.5, 0.6) is 0 Å². The minimum atomic E-state index is -0.914. The molecule has 0 unspecified atom stereocenters. The van der Waals surface area contributed by atoms with Gasteiger partial charge < -0.3 is 20.7 Å². The first-order valence-corrected chi connectivity index (χ1v) is 12.1. The molecule has 0 radical (unpaired) electrons. The summed E-state index contributed by atoms with van der Waals surface area (Å²) in [6.07, 6.45) is -0.115. The van der Waals surface area contributed by atoms with Gasteiger partial charge in [-0.1, -0.05) is 72.8 Å². The van der Waals surface area contributed by atoms with E-state index >= 15 is 0 Å². The molecule has 0 saturated carbocycles. The third-order valence-corrected chi connectivity index (χ3v) is 6.84. The molecule has 0 spiro atoms. The third kappa shape index (κ3) is 4.69. The van der Waals surface area contributed by atoms with E-state index in [0.717, 1.165) is 11.1 Å². The average Bonchev–Trinajstić information content (AvgIpc) is 3.18. The summed E-state index contributed by atoms with van der Waals surface area (Å²) in [6.45, 7) is 3.89. The highest BCUT2D eigenvalue weighted by molar-refractivity contribution is 5.99. The Morgan fingerprint density at radius 2 is 1.56 bits per heavy atom. The number of hydrogen-bond acceptors (Lipinski definition) is 4. The fourth-order valence-corrected chi connectivity index (χ4v) is 4.93. The number of alkyl carbamates (subject to hydrolysis) is 1. The van der Waals surface area contributed by atoms with Crippen molar-refractivity contribution in [3.63, 3.8) is 0 Å². The molecular weight excluding hydrogens is 454 g/mol. The molecule has 7 nitrogen and oxygen atoms in total. The number of carbonyl (C=O) groups is 3. The fraction of sp³-hybridized carbons (Fsp3) is 0.276. The predicted octanol–water partition coefficient (Wildman–Crippen LogP) is 3.66. The van der Waals surface area contributed by atoms with Crippen molar-refractivity contribution in [2.45, 2.75) is 44.3 Å². The van der Waals surface area contributed by atoms with Crippen LogP contribution in [0.2, 0.25) is 0 Å². The zero-order valence-electron chi connectivity index (χ0n) is 20.3. The monoisotopic (exact) mass is 483 g/mol. The zero-order valence-corrected chi connectivity index (χ0v) is 20.3. The molecule has 1 fully saturated rings. The van der Waals surface area contributed by atoms with Gasteiger partial charge in [-0.3, -0.25) is 9.59 Å². The number of ether oxygens (including phenoxy) is 1. The van der Waals surface area contributed by atoms with Crippen molar-refractivity contribution in [2.75, 3.05) is 6.61 Å². The number of benzene rings is 3. The molecule has 36 heavy (non-hydrogen) atoms. The predicted molar refractivity (Wildman–Crippen MR) is 136 cm³/mol. The Hall–Kier alpha value is -4.13. The normalized spacial score (nSPS) is 18.0. The summed E-state index contributed by atoms with van der Waals surface area (Å²) in [6, 6.07) is 23.4. The van der Waals surface area contributed by atoms with Gasteiger partial charge in [0, 0.05) is 18.9 Å². The van der Waals surface area contributed by atoms with Crippen LogP contribution in [-0.2, 0) is 27.3 Å². The molecule has 1 saturated heterocycles. The van der Waals surface area contributed by atoms with Gasteiger partial charge in [0.2, 0.25) is 11.8 Å². The highest BCUT2D eigenvalue weighted by Crippen LogP contribution is 2.44. The quantitative estimate of drug-likeness (QED) is 0.499. The van der Waals surface area contributed by atoms with E-state index in [9.17, 15) is 14.4 Å². The highest BCUT2D eigenvalue weighted by atomic mass is 16.5. The molecule has 1 heterocycles. The van der Waals surface area contributed by atoms with Crippen LogP contribution in [-0.4, -0.2) is 36.1 Å². The summed E-state index contributed by atoms with van der Waals surface area (Å²) in [7, 11) is 0. The van der Waals surface area contributed by atoms with Gasteiger partial charge in [-0.15, -0.1) is 0 Å². The van der Waals surface area contributed by atoms with Crippen molar-refractivity contribution in [3.05, 3.63) is 95.1 Å². The van der Waals surface area contributed by atoms with E-state index in [4.69, 9.17) is 4.74 Å². The zero-order chi connectivity index (χ0) is 25.3. The van der Waals surface area contributed by atoms with Gasteiger partial charge >= 0.3 is 6.09 Å². The average molecular weight is 484 g/mol. The van der Waals surface area contributed by atoms with E-state index in [1.54, 1.807) is 13.8 Å². The van der Waals surface area contributed by atoms with Crippen molar-refractivity contribution < 1.29 is 19.1 Å². The largest absolute Gasteiger partial charge is 0.449 e. The molecule has 0 bridgehead atoms. The van der Waals surface area contributed by atoms with E-state index < -0.39 is 17.7 Å². The lowest BCUT2D eigenvalue weighted by Gasteiger charge is -2.34. The SMILES string of the molecule is CC1(C)NC(=O)[C@H](Cc2cccc(CNC(=O)OCC3c4ccccc4-c4ccccc43)c2)NC1=O. The van der Waals surface area contributed by atoms with Crippen LogP contribution in [0.4, 0.5) is 4.79 Å². The Bertz CT molecular complexity index is 1290. The maximum Gasteiger partial charge on any atom is 0.407 e. The van der Waals surface area contributed by atoms with E-state index in [1.165, 1.54) is 22.3 Å². The van der Waals surface area contributed by atoms with Crippen molar-refractivity contribution >= 4 is 17.9 Å². The standard InChI is InChI=1S/C29H29N3O4/c1-29(2)27(34)31-25(26(33)32-29)15-18-8-7-9-19(14-18)16-30-28(35)36-17-24-22-12-5-3-10-20(22)21-11-4-6-13-23(21)24/h3-14,24-25H,15-17H2,1-2H3,(H,30,35)(H,31,34)(H,32,33)/t25-/m0/s1. The Morgan fingerprint density at radius 1 is 0.917 bits per heavy atom. The summed E-state index contributed by atoms with van der Waals surface area (Å²) in [5.41, 5.74) is 5.56. The van der Waals surface area contributed by atoms with E-state index in [2.05, 4.69) is 40.2 Å². The number of amides is 3. The van der Waals surface area contributed by atoms with Crippen LogP contribution >= 0.6 is 0 Å². The van der Waals surface area contributed by atoms with E-state index in [0.29, 0.717) is 13.0 Å². The lowest BCUT2D eigenvalue weighted by atomic mass is 9.95. The first-order chi connectivity index (χ1) is 17.3. The molecule has 5 rings (SSSR count). The fourth-order valence-electron chi connectivity index (χ4n) is 4.93. The maximum absolute atomic E-state index is 12.5. The van der Waals surface area contributed by atoms with Gasteiger partial charge in [-0.2, -0.15) is 0 Å². The minimum absolute atomic E-state index is 0.00769. The van der Waals surface area contributed by atoms with Gasteiger partial charge in [0.05, 0.1) is 0 Å². The van der Waals surface area contributed by atoms with Crippen molar-refractivity contribution in [2.24, 2.45) is 0 Å². The maximum atomic E-state index is 12.5. The second-order valence-corrected chi connectivity index (χ2v) is 9.84. The number of carbonyl (C=O) groups excluding carboxylic acids is 3. The smallest absolute Gasteiger partial charge is 0.407 e. The molecule has 1 aliphatic heterocycles. The summed E-state index contributed by atoms with van der Waals surface area (Å²) in [4.78, 5) is 37.1. The molecule has 3 amide bonds.